The first-order valence-electron chi connectivity index (χ1n) is 7.66. The Kier molecular flexibility index (Phi) is 2.90. The van der Waals surface area contributed by atoms with Gasteiger partial charge in [-0.05, 0) is 42.6 Å². The summed E-state index contributed by atoms with van der Waals surface area (Å²) in [6.07, 6.45) is 2.67. The summed E-state index contributed by atoms with van der Waals surface area (Å²) in [5.41, 5.74) is 1.25. The van der Waals surface area contributed by atoms with E-state index in [0.29, 0.717) is 23.7 Å². The quantitative estimate of drug-likeness (QED) is 0.728. The number of esters is 1. The van der Waals surface area contributed by atoms with Crippen molar-refractivity contribution in [3.05, 3.63) is 11.6 Å². The lowest BCUT2D eigenvalue weighted by molar-refractivity contribution is -0.150. The maximum Gasteiger partial charge on any atom is 0.302 e. The van der Waals surface area contributed by atoms with Crippen molar-refractivity contribution < 1.29 is 14.3 Å². The molecule has 2 fully saturated rings. The lowest BCUT2D eigenvalue weighted by Crippen LogP contribution is -2.55. The molecule has 0 bridgehead atoms. The average Bonchev–Trinajstić information content (AvgIpc) is 2.67. The molecule has 3 aliphatic carbocycles. The van der Waals surface area contributed by atoms with Crippen molar-refractivity contribution in [2.24, 2.45) is 35.0 Å². The van der Waals surface area contributed by atoms with Crippen LogP contribution >= 0.6 is 0 Å². The van der Waals surface area contributed by atoms with Crippen molar-refractivity contribution in [1.29, 1.82) is 0 Å². The minimum Gasteiger partial charge on any atom is -0.462 e. The van der Waals surface area contributed by atoms with Crippen LogP contribution < -0.4 is 0 Å². The van der Waals surface area contributed by atoms with Gasteiger partial charge >= 0.3 is 5.97 Å². The van der Waals surface area contributed by atoms with Gasteiger partial charge in [0.2, 0.25) is 0 Å². The van der Waals surface area contributed by atoms with Crippen LogP contribution in [0.25, 0.3) is 0 Å². The minimum atomic E-state index is -0.200. The molecule has 0 aromatic heterocycles. The molecular weight excluding hydrogens is 252 g/mol. The zero-order valence-corrected chi connectivity index (χ0v) is 13.0. The van der Waals surface area contributed by atoms with E-state index >= 15 is 0 Å². The second-order valence-corrected chi connectivity index (χ2v) is 7.50. The lowest BCUT2D eigenvalue weighted by atomic mass is 9.46. The van der Waals surface area contributed by atoms with E-state index in [-0.39, 0.29) is 29.2 Å². The lowest BCUT2D eigenvalue weighted by Gasteiger charge is -2.56. The monoisotopic (exact) mass is 276 g/mol. The van der Waals surface area contributed by atoms with Gasteiger partial charge < -0.3 is 4.74 Å². The van der Waals surface area contributed by atoms with Crippen molar-refractivity contribution in [1.82, 2.24) is 0 Å². The predicted molar refractivity (Wildman–Crippen MR) is 75.8 cm³/mol. The standard InChI is InChI=1S/C17H24O3/c1-8(2)13-12(20-10(4)18)7-17(5)15-11(19)6-9(3)14(15)16(13)17/h6,8,12-16H,7H2,1-5H3. The van der Waals surface area contributed by atoms with Crippen LogP contribution in [0, 0.1) is 35.0 Å². The fourth-order valence-electron chi connectivity index (χ4n) is 5.50. The Balaban J connectivity index is 1.95. The van der Waals surface area contributed by atoms with Crippen LogP contribution in [0.1, 0.15) is 41.0 Å². The summed E-state index contributed by atoms with van der Waals surface area (Å²) in [6.45, 7) is 10.2. The first kappa shape index (κ1) is 13.8. The molecule has 0 spiro atoms. The molecule has 0 radical (unpaired) electrons. The third kappa shape index (κ3) is 1.58. The number of hydrogen-bond donors (Lipinski definition) is 0. The van der Waals surface area contributed by atoms with Gasteiger partial charge in [0.15, 0.2) is 5.78 Å². The second kappa shape index (κ2) is 4.19. The number of hydrogen-bond acceptors (Lipinski definition) is 3. The summed E-state index contributed by atoms with van der Waals surface area (Å²) in [7, 11) is 0. The molecular formula is C17H24O3. The molecule has 3 nitrogen and oxygen atoms in total. The molecule has 3 aliphatic rings. The number of allylic oxidation sites excluding steroid dienone is 2. The number of ether oxygens (including phenoxy) is 1. The molecule has 6 unspecified atom stereocenters. The maximum atomic E-state index is 12.2. The van der Waals surface area contributed by atoms with Gasteiger partial charge in [-0.15, -0.1) is 0 Å². The molecule has 6 atom stereocenters. The molecule has 0 amide bonds. The third-order valence-corrected chi connectivity index (χ3v) is 5.99. The molecule has 110 valence electrons. The molecule has 3 rings (SSSR count). The van der Waals surface area contributed by atoms with E-state index in [2.05, 4.69) is 27.7 Å². The number of carbonyl (C=O) groups excluding carboxylic acids is 2. The summed E-state index contributed by atoms with van der Waals surface area (Å²) in [4.78, 5) is 23.6. The van der Waals surface area contributed by atoms with E-state index in [1.54, 1.807) is 0 Å². The van der Waals surface area contributed by atoms with Crippen LogP contribution in [0.5, 0.6) is 0 Å². The zero-order valence-electron chi connectivity index (χ0n) is 13.0. The van der Waals surface area contributed by atoms with Crippen LogP contribution in [0.15, 0.2) is 11.6 Å². The third-order valence-electron chi connectivity index (χ3n) is 5.99. The first-order chi connectivity index (χ1) is 9.27. The van der Waals surface area contributed by atoms with E-state index in [1.165, 1.54) is 12.5 Å². The maximum absolute atomic E-state index is 12.2. The summed E-state index contributed by atoms with van der Waals surface area (Å²) in [5.74, 6) is 1.94. The van der Waals surface area contributed by atoms with Crippen LogP contribution in [-0.4, -0.2) is 17.9 Å². The fraction of sp³-hybridized carbons (Fsp3) is 0.765. The normalized spacial score (nSPS) is 45.8. The Hall–Kier alpha value is -1.12. The fourth-order valence-corrected chi connectivity index (χ4v) is 5.50. The average molecular weight is 276 g/mol. The van der Waals surface area contributed by atoms with Crippen molar-refractivity contribution in [2.75, 3.05) is 0 Å². The SMILES string of the molecule is CC(=O)OC1CC2(C)C3C(=O)C=C(C)C3C2C1C(C)C. The van der Waals surface area contributed by atoms with Crippen LogP contribution in [0.3, 0.4) is 0 Å². The molecule has 0 saturated heterocycles. The largest absolute Gasteiger partial charge is 0.462 e. The molecule has 0 aliphatic heterocycles. The number of carbonyl (C=O) groups is 2. The molecule has 0 aromatic rings. The van der Waals surface area contributed by atoms with E-state index < -0.39 is 0 Å². The Bertz CT molecular complexity index is 504. The van der Waals surface area contributed by atoms with Crippen molar-refractivity contribution in [3.8, 4) is 0 Å². The zero-order chi connectivity index (χ0) is 14.8. The summed E-state index contributed by atoms with van der Waals surface area (Å²) in [5, 5.41) is 0. The summed E-state index contributed by atoms with van der Waals surface area (Å²) >= 11 is 0. The number of ketones is 1. The molecule has 0 heterocycles. The van der Waals surface area contributed by atoms with Gasteiger partial charge in [-0.25, -0.2) is 0 Å². The van der Waals surface area contributed by atoms with E-state index in [9.17, 15) is 9.59 Å². The smallest absolute Gasteiger partial charge is 0.302 e. The van der Waals surface area contributed by atoms with Gasteiger partial charge in [0.05, 0.1) is 0 Å². The molecule has 2 saturated carbocycles. The van der Waals surface area contributed by atoms with E-state index in [1.807, 2.05) is 6.08 Å². The van der Waals surface area contributed by atoms with Crippen molar-refractivity contribution in [2.45, 2.75) is 47.1 Å². The summed E-state index contributed by atoms with van der Waals surface area (Å²) in [6, 6.07) is 0. The number of fused-ring (bicyclic) bond motifs is 4. The van der Waals surface area contributed by atoms with Crippen LogP contribution in [-0.2, 0) is 14.3 Å². The van der Waals surface area contributed by atoms with Gasteiger partial charge in [0.1, 0.15) is 6.10 Å². The highest BCUT2D eigenvalue weighted by atomic mass is 16.5. The van der Waals surface area contributed by atoms with Gasteiger partial charge in [-0.3, -0.25) is 9.59 Å². The van der Waals surface area contributed by atoms with Crippen molar-refractivity contribution >= 4 is 11.8 Å². The molecule has 20 heavy (non-hydrogen) atoms. The Morgan fingerprint density at radius 1 is 1.45 bits per heavy atom. The minimum absolute atomic E-state index is 0.0189. The Morgan fingerprint density at radius 3 is 2.65 bits per heavy atom. The Labute approximate surface area is 120 Å². The van der Waals surface area contributed by atoms with Gasteiger partial charge in [-0.1, -0.05) is 26.3 Å². The Morgan fingerprint density at radius 2 is 2.10 bits per heavy atom. The van der Waals surface area contributed by atoms with Gasteiger partial charge in [0, 0.05) is 18.8 Å². The highest BCUT2D eigenvalue weighted by Gasteiger charge is 2.71. The van der Waals surface area contributed by atoms with Gasteiger partial charge in [-0.2, -0.15) is 0 Å². The first-order valence-corrected chi connectivity index (χ1v) is 7.66. The highest BCUT2D eigenvalue weighted by Crippen LogP contribution is 2.71. The topological polar surface area (TPSA) is 43.4 Å². The van der Waals surface area contributed by atoms with Crippen LogP contribution in [0.4, 0.5) is 0 Å². The number of rotatable bonds is 2. The van der Waals surface area contributed by atoms with Gasteiger partial charge in [0.25, 0.3) is 0 Å². The van der Waals surface area contributed by atoms with Crippen LogP contribution in [0.2, 0.25) is 0 Å². The summed E-state index contributed by atoms with van der Waals surface area (Å²) < 4.78 is 5.60. The molecule has 0 N–H and O–H groups in total. The highest BCUT2D eigenvalue weighted by molar-refractivity contribution is 5.97. The van der Waals surface area contributed by atoms with Crippen molar-refractivity contribution in [3.63, 3.8) is 0 Å². The molecule has 3 heteroatoms. The molecule has 0 aromatic carbocycles. The van der Waals surface area contributed by atoms with E-state index in [0.717, 1.165) is 6.42 Å². The second-order valence-electron chi connectivity index (χ2n) is 7.50. The predicted octanol–water partition coefficient (Wildman–Crippen LogP) is 2.99. The van der Waals surface area contributed by atoms with E-state index in [4.69, 9.17) is 4.74 Å².